The topological polar surface area (TPSA) is 59.4 Å². The lowest BCUT2D eigenvalue weighted by atomic mass is 10.3. The fraction of sp³-hybridized carbons (Fsp3) is 0.400. The number of nitrogens with zero attached hydrogens (tertiary/aromatic N) is 1. The van der Waals surface area contributed by atoms with Crippen LogP contribution in [-0.2, 0) is 4.79 Å². The van der Waals surface area contributed by atoms with Gasteiger partial charge in [-0.15, -0.1) is 0 Å². The van der Waals surface area contributed by atoms with Crippen molar-refractivity contribution >= 4 is 5.97 Å². The normalized spacial score (nSPS) is 12.1. The van der Waals surface area contributed by atoms with E-state index in [4.69, 9.17) is 9.84 Å². The van der Waals surface area contributed by atoms with Crippen LogP contribution in [0.3, 0.4) is 0 Å². The number of aryl methyl sites for hydroxylation is 1. The van der Waals surface area contributed by atoms with E-state index in [1.165, 1.54) is 0 Å². The molecule has 0 aliphatic carbocycles. The summed E-state index contributed by atoms with van der Waals surface area (Å²) in [5.74, 6) is -0.262. The summed E-state index contributed by atoms with van der Waals surface area (Å²) in [4.78, 5) is 14.4. The summed E-state index contributed by atoms with van der Waals surface area (Å²) in [6.07, 6.45) is 1.25. The van der Waals surface area contributed by atoms with Crippen molar-refractivity contribution in [3.63, 3.8) is 0 Å². The first-order valence-electron chi connectivity index (χ1n) is 4.39. The SMILES string of the molecule is Cc1ccc(O[C@H](C)CC(=O)O)cn1. The number of carboxylic acids is 1. The van der Waals surface area contributed by atoms with Crippen LogP contribution in [0.15, 0.2) is 18.3 Å². The average molecular weight is 195 g/mol. The molecule has 0 amide bonds. The summed E-state index contributed by atoms with van der Waals surface area (Å²) in [6, 6.07) is 3.60. The third kappa shape index (κ3) is 3.43. The molecule has 4 heteroatoms. The highest BCUT2D eigenvalue weighted by Crippen LogP contribution is 2.11. The minimum absolute atomic E-state index is 0.00607. The highest BCUT2D eigenvalue weighted by molar-refractivity contribution is 5.67. The maximum absolute atomic E-state index is 10.4. The first kappa shape index (κ1) is 10.5. The number of rotatable bonds is 4. The predicted octanol–water partition coefficient (Wildman–Crippen LogP) is 1.63. The van der Waals surface area contributed by atoms with E-state index in [1.807, 2.05) is 13.0 Å². The Morgan fingerprint density at radius 2 is 2.36 bits per heavy atom. The zero-order valence-electron chi connectivity index (χ0n) is 8.23. The van der Waals surface area contributed by atoms with Crippen LogP contribution in [0.2, 0.25) is 0 Å². The van der Waals surface area contributed by atoms with Gasteiger partial charge in [-0.1, -0.05) is 0 Å². The molecule has 14 heavy (non-hydrogen) atoms. The fourth-order valence-corrected chi connectivity index (χ4v) is 1.04. The summed E-state index contributed by atoms with van der Waals surface area (Å²) in [6.45, 7) is 3.60. The van der Waals surface area contributed by atoms with E-state index in [-0.39, 0.29) is 12.5 Å². The molecule has 0 saturated heterocycles. The number of ether oxygens (including phenoxy) is 1. The number of hydrogen-bond acceptors (Lipinski definition) is 3. The van der Waals surface area contributed by atoms with Gasteiger partial charge < -0.3 is 9.84 Å². The molecule has 0 aliphatic rings. The van der Waals surface area contributed by atoms with E-state index in [1.54, 1.807) is 19.2 Å². The van der Waals surface area contributed by atoms with Gasteiger partial charge in [0.05, 0.1) is 12.6 Å². The van der Waals surface area contributed by atoms with Crippen molar-refractivity contribution in [1.82, 2.24) is 4.98 Å². The smallest absolute Gasteiger partial charge is 0.307 e. The summed E-state index contributed by atoms with van der Waals surface area (Å²) in [5, 5.41) is 8.51. The van der Waals surface area contributed by atoms with E-state index in [9.17, 15) is 4.79 Å². The predicted molar refractivity (Wildman–Crippen MR) is 51.3 cm³/mol. The third-order valence-corrected chi connectivity index (χ3v) is 1.68. The van der Waals surface area contributed by atoms with Gasteiger partial charge in [-0.05, 0) is 26.0 Å². The van der Waals surface area contributed by atoms with Crippen LogP contribution in [0.25, 0.3) is 0 Å². The molecule has 1 aromatic rings. The van der Waals surface area contributed by atoms with Crippen LogP contribution in [0.5, 0.6) is 5.75 Å². The Morgan fingerprint density at radius 1 is 1.64 bits per heavy atom. The molecule has 0 fully saturated rings. The molecular formula is C10H13NO3. The van der Waals surface area contributed by atoms with Crippen molar-refractivity contribution in [1.29, 1.82) is 0 Å². The summed E-state index contributed by atoms with van der Waals surface area (Å²) in [5.41, 5.74) is 0.906. The van der Waals surface area contributed by atoms with Gasteiger partial charge in [-0.25, -0.2) is 0 Å². The molecule has 0 aromatic carbocycles. The summed E-state index contributed by atoms with van der Waals surface area (Å²) >= 11 is 0. The highest BCUT2D eigenvalue weighted by atomic mass is 16.5. The van der Waals surface area contributed by atoms with E-state index < -0.39 is 5.97 Å². The van der Waals surface area contributed by atoms with Crippen LogP contribution in [0.1, 0.15) is 19.0 Å². The summed E-state index contributed by atoms with van der Waals surface area (Å²) < 4.78 is 5.34. The molecule has 0 aliphatic heterocycles. The van der Waals surface area contributed by atoms with Gasteiger partial charge in [-0.3, -0.25) is 9.78 Å². The number of hydrogen-bond donors (Lipinski definition) is 1. The third-order valence-electron chi connectivity index (χ3n) is 1.68. The lowest BCUT2D eigenvalue weighted by molar-refractivity contribution is -0.138. The Balaban J connectivity index is 2.51. The molecule has 1 rings (SSSR count). The number of aliphatic carboxylic acids is 1. The van der Waals surface area contributed by atoms with Gasteiger partial charge >= 0.3 is 5.97 Å². The number of carboxylic acid groups (broad SMARTS) is 1. The van der Waals surface area contributed by atoms with Crippen molar-refractivity contribution in [3.8, 4) is 5.75 Å². The molecule has 1 aromatic heterocycles. The quantitative estimate of drug-likeness (QED) is 0.793. The second kappa shape index (κ2) is 4.60. The Hall–Kier alpha value is -1.58. The van der Waals surface area contributed by atoms with Gasteiger partial charge in [0, 0.05) is 5.69 Å². The van der Waals surface area contributed by atoms with Gasteiger partial charge in [0.1, 0.15) is 11.9 Å². The van der Waals surface area contributed by atoms with E-state index >= 15 is 0 Å². The minimum Gasteiger partial charge on any atom is -0.489 e. The molecule has 76 valence electrons. The molecule has 1 heterocycles. The van der Waals surface area contributed by atoms with E-state index in [0.717, 1.165) is 5.69 Å². The maximum atomic E-state index is 10.4. The van der Waals surface area contributed by atoms with Crippen LogP contribution in [-0.4, -0.2) is 22.2 Å². The van der Waals surface area contributed by atoms with E-state index in [2.05, 4.69) is 4.98 Å². The van der Waals surface area contributed by atoms with Crippen LogP contribution >= 0.6 is 0 Å². The van der Waals surface area contributed by atoms with E-state index in [0.29, 0.717) is 5.75 Å². The Kier molecular flexibility index (Phi) is 3.45. The van der Waals surface area contributed by atoms with Gasteiger partial charge in [0.25, 0.3) is 0 Å². The lowest BCUT2D eigenvalue weighted by Gasteiger charge is -2.11. The molecule has 0 radical (unpaired) electrons. The Bertz CT molecular complexity index is 308. The first-order chi connectivity index (χ1) is 6.58. The zero-order valence-corrected chi connectivity index (χ0v) is 8.23. The highest BCUT2D eigenvalue weighted by Gasteiger charge is 2.08. The van der Waals surface area contributed by atoms with Crippen LogP contribution in [0.4, 0.5) is 0 Å². The average Bonchev–Trinajstić information content (AvgIpc) is 2.07. The van der Waals surface area contributed by atoms with Crippen molar-refractivity contribution in [2.24, 2.45) is 0 Å². The van der Waals surface area contributed by atoms with Gasteiger partial charge in [0.2, 0.25) is 0 Å². The molecule has 1 N–H and O–H groups in total. The van der Waals surface area contributed by atoms with Crippen molar-refractivity contribution in [3.05, 3.63) is 24.0 Å². The second-order valence-electron chi connectivity index (χ2n) is 3.16. The molecular weight excluding hydrogens is 182 g/mol. The largest absolute Gasteiger partial charge is 0.489 e. The molecule has 0 bridgehead atoms. The minimum atomic E-state index is -0.863. The maximum Gasteiger partial charge on any atom is 0.307 e. The summed E-state index contributed by atoms with van der Waals surface area (Å²) in [7, 11) is 0. The van der Waals surface area contributed by atoms with Gasteiger partial charge in [0.15, 0.2) is 0 Å². The Labute approximate surface area is 82.5 Å². The molecule has 0 unspecified atom stereocenters. The molecule has 0 spiro atoms. The van der Waals surface area contributed by atoms with Crippen LogP contribution in [0, 0.1) is 6.92 Å². The van der Waals surface area contributed by atoms with Crippen LogP contribution < -0.4 is 4.74 Å². The van der Waals surface area contributed by atoms with Crippen molar-refractivity contribution in [2.75, 3.05) is 0 Å². The first-order valence-corrected chi connectivity index (χ1v) is 4.39. The number of aromatic nitrogens is 1. The molecule has 0 saturated carbocycles. The Morgan fingerprint density at radius 3 is 2.86 bits per heavy atom. The number of carbonyl (C=O) groups is 1. The standard InChI is InChI=1S/C10H13NO3/c1-7-3-4-9(6-11-7)14-8(2)5-10(12)13/h3-4,6,8H,5H2,1-2H3,(H,12,13)/t8-/m1/s1. The molecule has 1 atom stereocenters. The van der Waals surface area contributed by atoms with Gasteiger partial charge in [-0.2, -0.15) is 0 Å². The monoisotopic (exact) mass is 195 g/mol. The lowest BCUT2D eigenvalue weighted by Crippen LogP contribution is -2.16. The fourth-order valence-electron chi connectivity index (χ4n) is 1.04. The number of pyridine rings is 1. The van der Waals surface area contributed by atoms with Crippen molar-refractivity contribution < 1.29 is 14.6 Å². The van der Waals surface area contributed by atoms with Crippen molar-refractivity contribution in [2.45, 2.75) is 26.4 Å². The second-order valence-corrected chi connectivity index (χ2v) is 3.16. The zero-order chi connectivity index (χ0) is 10.6. The molecule has 4 nitrogen and oxygen atoms in total.